The van der Waals surface area contributed by atoms with Crippen LogP contribution in [0.1, 0.15) is 12.8 Å². The summed E-state index contributed by atoms with van der Waals surface area (Å²) >= 11 is 3.05. The highest BCUT2D eigenvalue weighted by atomic mass is 79.9. The van der Waals surface area contributed by atoms with Crippen molar-refractivity contribution >= 4 is 21.7 Å². The second-order valence-corrected chi connectivity index (χ2v) is 2.59. The van der Waals surface area contributed by atoms with Crippen LogP contribution in [0.4, 0.5) is 0 Å². The van der Waals surface area contributed by atoms with Gasteiger partial charge in [-0.25, -0.2) is 4.85 Å². The molecule has 0 atom stereocenters. The van der Waals surface area contributed by atoms with Crippen molar-refractivity contribution in [3.8, 4) is 0 Å². The summed E-state index contributed by atoms with van der Waals surface area (Å²) in [6, 6.07) is 0. The molecule has 0 radical (unpaired) electrons. The largest absolute Gasteiger partial charge is 0.295 e. The summed E-state index contributed by atoms with van der Waals surface area (Å²) in [7, 11) is 0. The Kier molecular flexibility index (Phi) is 1.68. The molecule has 0 spiro atoms. The number of carbonyl (C=O) groups is 1. The summed E-state index contributed by atoms with van der Waals surface area (Å²) in [4.78, 5) is 13.9. The quantitative estimate of drug-likeness (QED) is 0.529. The van der Waals surface area contributed by atoms with Gasteiger partial charge in [-0.3, -0.25) is 4.79 Å². The van der Waals surface area contributed by atoms with Gasteiger partial charge < -0.3 is 0 Å². The highest BCUT2D eigenvalue weighted by Gasteiger charge is 2.20. The maximum Gasteiger partial charge on any atom is 0.183 e. The van der Waals surface area contributed by atoms with E-state index in [1.807, 2.05) is 0 Å². The fraction of sp³-hybridized carbons (Fsp3) is 0.333. The molecular weight excluding hydrogens is 182 g/mol. The van der Waals surface area contributed by atoms with Crippen LogP contribution in [0, 0.1) is 6.57 Å². The molecule has 2 nitrogen and oxygen atoms in total. The third-order valence-electron chi connectivity index (χ3n) is 1.22. The first-order chi connectivity index (χ1) is 4.25. The van der Waals surface area contributed by atoms with Crippen molar-refractivity contribution in [2.75, 3.05) is 0 Å². The third-order valence-corrected chi connectivity index (χ3v) is 2.12. The van der Waals surface area contributed by atoms with E-state index in [0.717, 1.165) is 0 Å². The van der Waals surface area contributed by atoms with E-state index in [2.05, 4.69) is 20.8 Å². The highest BCUT2D eigenvalue weighted by Crippen LogP contribution is 2.27. The van der Waals surface area contributed by atoms with Crippen LogP contribution >= 0.6 is 15.9 Å². The second-order valence-electron chi connectivity index (χ2n) is 1.80. The molecule has 0 amide bonds. The number of hydrogen-bond donors (Lipinski definition) is 0. The van der Waals surface area contributed by atoms with Gasteiger partial charge in [-0.2, -0.15) is 0 Å². The first kappa shape index (κ1) is 6.50. The first-order valence-electron chi connectivity index (χ1n) is 2.55. The lowest BCUT2D eigenvalue weighted by Gasteiger charge is -1.82. The number of nitrogens with zero attached hydrogens (tertiary/aromatic N) is 1. The minimum absolute atomic E-state index is 0.0565. The Bertz CT molecular complexity index is 224. The molecule has 46 valence electrons. The lowest BCUT2D eigenvalue weighted by Crippen LogP contribution is -1.86. The molecule has 0 saturated heterocycles. The van der Waals surface area contributed by atoms with Gasteiger partial charge in [0.25, 0.3) is 0 Å². The standard InChI is InChI=1S/C6H4BrNO/c1-8-4-2-3-5(9)6(4)7/h2-3H2. The van der Waals surface area contributed by atoms with Crippen LogP contribution in [0.5, 0.6) is 0 Å². The van der Waals surface area contributed by atoms with Gasteiger partial charge in [-0.15, -0.1) is 0 Å². The molecule has 0 aliphatic heterocycles. The van der Waals surface area contributed by atoms with Gasteiger partial charge in [-0.1, -0.05) is 15.9 Å². The number of Topliss-reactive ketones (excluding diaryl/α,β-unsaturated/α-hetero) is 1. The summed E-state index contributed by atoms with van der Waals surface area (Å²) in [5.74, 6) is 0.0565. The predicted molar refractivity (Wildman–Crippen MR) is 36.8 cm³/mol. The number of rotatable bonds is 0. The van der Waals surface area contributed by atoms with Crippen LogP contribution < -0.4 is 0 Å². The molecule has 9 heavy (non-hydrogen) atoms. The summed E-state index contributed by atoms with van der Waals surface area (Å²) in [6.07, 6.45) is 1.11. The SMILES string of the molecule is [C-]#[N+]C1=C(Br)C(=O)CC1. The van der Waals surface area contributed by atoms with Crippen molar-refractivity contribution in [2.45, 2.75) is 12.8 Å². The highest BCUT2D eigenvalue weighted by molar-refractivity contribution is 9.12. The second kappa shape index (κ2) is 2.32. The average molecular weight is 186 g/mol. The van der Waals surface area contributed by atoms with Crippen LogP contribution in [0.2, 0.25) is 0 Å². The number of hydrogen-bond acceptors (Lipinski definition) is 1. The molecule has 0 aromatic rings. The monoisotopic (exact) mass is 185 g/mol. The zero-order valence-electron chi connectivity index (χ0n) is 4.65. The van der Waals surface area contributed by atoms with Crippen LogP contribution in [-0.4, -0.2) is 5.78 Å². The van der Waals surface area contributed by atoms with Crippen molar-refractivity contribution in [1.29, 1.82) is 0 Å². The molecule has 0 aromatic heterocycles. The number of allylic oxidation sites excluding steroid dienone is 2. The Morgan fingerprint density at radius 3 is 2.44 bits per heavy atom. The van der Waals surface area contributed by atoms with E-state index in [-0.39, 0.29) is 5.78 Å². The molecule has 1 aliphatic rings. The fourth-order valence-electron chi connectivity index (χ4n) is 0.717. The summed E-state index contributed by atoms with van der Waals surface area (Å²) in [5.41, 5.74) is 0.569. The van der Waals surface area contributed by atoms with E-state index in [0.29, 0.717) is 23.0 Å². The predicted octanol–water partition coefficient (Wildman–Crippen LogP) is 1.88. The lowest BCUT2D eigenvalue weighted by atomic mass is 10.3. The van der Waals surface area contributed by atoms with Gasteiger partial charge in [0.2, 0.25) is 0 Å². The molecule has 0 N–H and O–H groups in total. The zero-order valence-corrected chi connectivity index (χ0v) is 6.23. The van der Waals surface area contributed by atoms with Crippen molar-refractivity contribution in [2.24, 2.45) is 0 Å². The summed E-state index contributed by atoms with van der Waals surface area (Å²) in [5, 5.41) is 0. The first-order valence-corrected chi connectivity index (χ1v) is 3.34. The molecule has 1 rings (SSSR count). The molecule has 3 heteroatoms. The van der Waals surface area contributed by atoms with Crippen molar-refractivity contribution in [3.05, 3.63) is 21.6 Å². The molecule has 1 aliphatic carbocycles. The van der Waals surface area contributed by atoms with Gasteiger partial charge in [0.15, 0.2) is 11.5 Å². The summed E-state index contributed by atoms with van der Waals surface area (Å²) < 4.78 is 0.484. The Labute approximate surface area is 61.5 Å². The molecule has 0 unspecified atom stereocenters. The lowest BCUT2D eigenvalue weighted by molar-refractivity contribution is -0.114. The van der Waals surface area contributed by atoms with Gasteiger partial charge in [0.05, 0.1) is 11.1 Å². The van der Waals surface area contributed by atoms with Crippen molar-refractivity contribution in [3.63, 3.8) is 0 Å². The van der Waals surface area contributed by atoms with Gasteiger partial charge in [0, 0.05) is 6.42 Å². The summed E-state index contributed by atoms with van der Waals surface area (Å²) in [6.45, 7) is 6.61. The minimum atomic E-state index is 0.0565. The molecule has 0 aromatic carbocycles. The molecule has 0 bridgehead atoms. The van der Waals surface area contributed by atoms with Crippen molar-refractivity contribution in [1.82, 2.24) is 0 Å². The maximum absolute atomic E-state index is 10.7. The molecule has 0 heterocycles. The van der Waals surface area contributed by atoms with E-state index in [4.69, 9.17) is 6.57 Å². The van der Waals surface area contributed by atoms with Gasteiger partial charge in [-0.05, 0) is 6.42 Å². The Morgan fingerprint density at radius 1 is 1.56 bits per heavy atom. The van der Waals surface area contributed by atoms with Gasteiger partial charge >= 0.3 is 0 Å². The Hall–Kier alpha value is -0.620. The topological polar surface area (TPSA) is 21.4 Å². The molecule has 0 saturated carbocycles. The van der Waals surface area contributed by atoms with E-state index in [1.165, 1.54) is 0 Å². The number of carbonyl (C=O) groups excluding carboxylic acids is 1. The van der Waals surface area contributed by atoms with Crippen molar-refractivity contribution < 1.29 is 4.79 Å². The Morgan fingerprint density at radius 2 is 2.22 bits per heavy atom. The number of ketones is 1. The maximum atomic E-state index is 10.7. The normalized spacial score (nSPS) is 18.4. The van der Waals surface area contributed by atoms with E-state index in [9.17, 15) is 4.79 Å². The average Bonchev–Trinajstić information content (AvgIpc) is 2.15. The molecule has 0 fully saturated rings. The van der Waals surface area contributed by atoms with E-state index in [1.54, 1.807) is 0 Å². The fourth-order valence-corrected chi connectivity index (χ4v) is 1.20. The van der Waals surface area contributed by atoms with Crippen LogP contribution in [0.3, 0.4) is 0 Å². The minimum Gasteiger partial charge on any atom is -0.295 e. The van der Waals surface area contributed by atoms with Crippen LogP contribution in [-0.2, 0) is 4.79 Å². The number of halogens is 1. The van der Waals surface area contributed by atoms with E-state index >= 15 is 0 Å². The van der Waals surface area contributed by atoms with Crippen LogP contribution in [0.25, 0.3) is 4.85 Å². The zero-order chi connectivity index (χ0) is 6.85. The third kappa shape index (κ3) is 1.03. The van der Waals surface area contributed by atoms with Gasteiger partial charge in [0.1, 0.15) is 0 Å². The Balaban J connectivity index is 2.96. The smallest absolute Gasteiger partial charge is 0.183 e. The van der Waals surface area contributed by atoms with Crippen LogP contribution in [0.15, 0.2) is 10.2 Å². The van der Waals surface area contributed by atoms with E-state index < -0.39 is 0 Å². The molecular formula is C6H4BrNO.